The van der Waals surface area contributed by atoms with Crippen LogP contribution in [0, 0.1) is 11.8 Å². The van der Waals surface area contributed by atoms with E-state index in [9.17, 15) is 9.59 Å². The van der Waals surface area contributed by atoms with Gasteiger partial charge in [-0.15, -0.1) is 0 Å². The molecule has 0 saturated carbocycles. The van der Waals surface area contributed by atoms with Gasteiger partial charge in [0.25, 0.3) is 0 Å². The summed E-state index contributed by atoms with van der Waals surface area (Å²) in [7, 11) is 0. The van der Waals surface area contributed by atoms with Crippen LogP contribution in [0.25, 0.3) is 0 Å². The lowest BCUT2D eigenvalue weighted by Crippen LogP contribution is -2.39. The fourth-order valence-electron chi connectivity index (χ4n) is 4.59. The molecule has 162 valence electrons. The van der Waals surface area contributed by atoms with Gasteiger partial charge < -0.3 is 14.2 Å². The Labute approximate surface area is 187 Å². The van der Waals surface area contributed by atoms with Crippen molar-refractivity contribution >= 4 is 34.3 Å². The molecule has 0 aromatic heterocycles. The number of carbonyl (C=O) groups is 2. The third-order valence-corrected chi connectivity index (χ3v) is 6.49. The highest BCUT2D eigenvalue weighted by Gasteiger charge is 2.34. The fourth-order valence-corrected chi connectivity index (χ4v) is 5.00. The SMILES string of the molecule is C[C@H]1/C=C/[C@H](C)[C@H](/C=C/I)OC(=O)C[C@@H]2CC(=O)C[C@H](C[C@H]3CCC[C@H](C1)O3)O2. The molecule has 6 heteroatoms. The first-order valence-corrected chi connectivity index (χ1v) is 12.1. The minimum absolute atomic E-state index is 0.0713. The van der Waals surface area contributed by atoms with Crippen LogP contribution in [-0.4, -0.2) is 42.3 Å². The number of rotatable bonds is 1. The Kier molecular flexibility index (Phi) is 8.74. The van der Waals surface area contributed by atoms with E-state index in [4.69, 9.17) is 14.2 Å². The van der Waals surface area contributed by atoms with E-state index in [0.717, 1.165) is 32.1 Å². The normalized spacial score (nSPS) is 41.1. The van der Waals surface area contributed by atoms with Gasteiger partial charge in [-0.2, -0.15) is 0 Å². The summed E-state index contributed by atoms with van der Waals surface area (Å²) >= 11 is 2.15. The Bertz CT molecular complexity index is 631. The standard InChI is InChI=1S/C23H33IO5/c1-15-6-7-16(2)22(8-9-24)29-23(26)14-21-12-17(25)11-20(28-21)13-19-5-3-4-18(10-15)27-19/h6-9,15-16,18-22H,3-5,10-14H2,1-2H3/b7-6+,9-8+/t15-,16-,18+,19+,20+,21-,22-/m0/s1. The molecule has 0 aromatic rings. The maximum Gasteiger partial charge on any atom is 0.309 e. The lowest BCUT2D eigenvalue weighted by Gasteiger charge is -2.36. The van der Waals surface area contributed by atoms with E-state index >= 15 is 0 Å². The van der Waals surface area contributed by atoms with Gasteiger partial charge in [0, 0.05) is 25.2 Å². The highest BCUT2D eigenvalue weighted by Crippen LogP contribution is 2.31. The van der Waals surface area contributed by atoms with Crippen molar-refractivity contribution in [1.82, 2.24) is 0 Å². The van der Waals surface area contributed by atoms with Gasteiger partial charge in [-0.05, 0) is 41.8 Å². The van der Waals surface area contributed by atoms with Crippen LogP contribution in [0.4, 0.5) is 0 Å². The molecule has 3 heterocycles. The zero-order valence-electron chi connectivity index (χ0n) is 17.4. The van der Waals surface area contributed by atoms with Crippen LogP contribution in [0.2, 0.25) is 0 Å². The third kappa shape index (κ3) is 7.17. The van der Waals surface area contributed by atoms with E-state index in [1.165, 1.54) is 0 Å². The summed E-state index contributed by atoms with van der Waals surface area (Å²) in [5.74, 6) is 0.325. The number of cyclic esters (lactones) is 1. The van der Waals surface area contributed by atoms with Gasteiger partial charge in [0.1, 0.15) is 11.9 Å². The predicted octanol–water partition coefficient (Wildman–Crippen LogP) is 4.91. The summed E-state index contributed by atoms with van der Waals surface area (Å²) in [5, 5.41) is 0. The summed E-state index contributed by atoms with van der Waals surface area (Å²) in [5.41, 5.74) is 0. The first-order chi connectivity index (χ1) is 13.9. The van der Waals surface area contributed by atoms with Gasteiger partial charge >= 0.3 is 5.97 Å². The van der Waals surface area contributed by atoms with E-state index in [0.29, 0.717) is 18.8 Å². The van der Waals surface area contributed by atoms with Crippen LogP contribution in [0.3, 0.4) is 0 Å². The summed E-state index contributed by atoms with van der Waals surface area (Å²) in [6, 6.07) is 0. The number of hydrogen-bond acceptors (Lipinski definition) is 5. The fraction of sp³-hybridized carbons (Fsp3) is 0.739. The Hall–Kier alpha value is -0.730. The van der Waals surface area contributed by atoms with Crippen molar-refractivity contribution in [3.05, 3.63) is 22.3 Å². The molecule has 0 radical (unpaired) electrons. The number of ketones is 1. The molecule has 0 aliphatic carbocycles. The third-order valence-electron chi connectivity index (χ3n) is 6.08. The van der Waals surface area contributed by atoms with Crippen molar-refractivity contribution < 1.29 is 23.8 Å². The van der Waals surface area contributed by atoms with Crippen LogP contribution in [0.1, 0.15) is 65.2 Å². The summed E-state index contributed by atoms with van der Waals surface area (Å²) < 4.78 is 20.1. The van der Waals surface area contributed by atoms with Crippen molar-refractivity contribution in [3.8, 4) is 0 Å². The molecule has 0 aromatic carbocycles. The molecular formula is C23H33IO5. The molecule has 3 aliphatic rings. The second-order valence-electron chi connectivity index (χ2n) is 8.81. The Morgan fingerprint density at radius 2 is 1.62 bits per heavy atom. The van der Waals surface area contributed by atoms with Gasteiger partial charge in [-0.1, -0.05) is 48.6 Å². The van der Waals surface area contributed by atoms with Gasteiger partial charge in [0.05, 0.1) is 30.8 Å². The van der Waals surface area contributed by atoms with Crippen LogP contribution >= 0.6 is 22.6 Å². The maximum absolute atomic E-state index is 12.6. The second-order valence-corrected chi connectivity index (χ2v) is 9.53. The van der Waals surface area contributed by atoms with E-state index in [1.54, 1.807) is 0 Å². The van der Waals surface area contributed by atoms with Crippen LogP contribution in [-0.2, 0) is 23.8 Å². The summed E-state index contributed by atoms with van der Waals surface area (Å²) in [4.78, 5) is 24.8. The topological polar surface area (TPSA) is 61.8 Å². The molecule has 4 bridgehead atoms. The number of esters is 1. The number of Topliss-reactive ketones (excluding diaryl/α,β-unsaturated/α-hetero) is 1. The number of fused-ring (bicyclic) bond motifs is 4. The molecule has 29 heavy (non-hydrogen) atoms. The van der Waals surface area contributed by atoms with Crippen LogP contribution in [0.5, 0.6) is 0 Å². The van der Waals surface area contributed by atoms with Gasteiger partial charge in [-0.3, -0.25) is 9.59 Å². The van der Waals surface area contributed by atoms with Crippen molar-refractivity contribution in [2.75, 3.05) is 0 Å². The minimum Gasteiger partial charge on any atom is -0.457 e. The lowest BCUT2D eigenvalue weighted by molar-refractivity contribution is -0.158. The van der Waals surface area contributed by atoms with E-state index in [-0.39, 0.29) is 48.5 Å². The van der Waals surface area contributed by atoms with E-state index in [1.807, 2.05) is 10.2 Å². The molecular weight excluding hydrogens is 483 g/mol. The van der Waals surface area contributed by atoms with Crippen molar-refractivity contribution in [2.24, 2.45) is 11.8 Å². The number of carbonyl (C=O) groups excluding carboxylic acids is 2. The number of allylic oxidation sites excluding steroid dienone is 1. The predicted molar refractivity (Wildman–Crippen MR) is 120 cm³/mol. The molecule has 3 rings (SSSR count). The zero-order valence-corrected chi connectivity index (χ0v) is 19.6. The average molecular weight is 516 g/mol. The highest BCUT2D eigenvalue weighted by atomic mass is 127. The molecule has 0 amide bonds. The van der Waals surface area contributed by atoms with Gasteiger partial charge in [0.15, 0.2) is 0 Å². The molecule has 0 unspecified atom stereocenters. The van der Waals surface area contributed by atoms with Gasteiger partial charge in [-0.25, -0.2) is 0 Å². The quantitative estimate of drug-likeness (QED) is 0.282. The number of halogens is 1. The number of hydrogen-bond donors (Lipinski definition) is 0. The Morgan fingerprint density at radius 3 is 2.38 bits per heavy atom. The van der Waals surface area contributed by atoms with Crippen molar-refractivity contribution in [3.63, 3.8) is 0 Å². The van der Waals surface area contributed by atoms with Crippen molar-refractivity contribution in [2.45, 2.75) is 95.7 Å². The molecule has 0 N–H and O–H groups in total. The van der Waals surface area contributed by atoms with Crippen molar-refractivity contribution in [1.29, 1.82) is 0 Å². The lowest BCUT2D eigenvalue weighted by atomic mass is 9.91. The maximum atomic E-state index is 12.6. The minimum atomic E-state index is -0.392. The first kappa shape index (κ1) is 22.9. The highest BCUT2D eigenvalue weighted by molar-refractivity contribution is 14.1. The first-order valence-electron chi connectivity index (χ1n) is 10.9. The van der Waals surface area contributed by atoms with Gasteiger partial charge in [0.2, 0.25) is 0 Å². The summed E-state index contributed by atoms with van der Waals surface area (Å²) in [6.45, 7) is 4.27. The Balaban J connectivity index is 1.78. The van der Waals surface area contributed by atoms with E-state index in [2.05, 4.69) is 48.6 Å². The molecule has 5 nitrogen and oxygen atoms in total. The molecule has 0 spiro atoms. The molecule has 2 saturated heterocycles. The van der Waals surface area contributed by atoms with E-state index < -0.39 is 6.10 Å². The van der Waals surface area contributed by atoms with Crippen LogP contribution in [0.15, 0.2) is 22.3 Å². The molecule has 2 fully saturated rings. The number of ether oxygens (including phenoxy) is 3. The summed E-state index contributed by atoms with van der Waals surface area (Å²) in [6.07, 6.45) is 11.6. The smallest absolute Gasteiger partial charge is 0.309 e. The molecule has 3 aliphatic heterocycles. The average Bonchev–Trinajstić information content (AvgIpc) is 2.65. The van der Waals surface area contributed by atoms with Crippen LogP contribution < -0.4 is 0 Å². The Morgan fingerprint density at radius 1 is 0.931 bits per heavy atom. The molecule has 7 atom stereocenters. The zero-order chi connectivity index (χ0) is 20.8. The monoisotopic (exact) mass is 516 g/mol. The second kappa shape index (κ2) is 11.0. The largest absolute Gasteiger partial charge is 0.457 e.